The second-order valence-electron chi connectivity index (χ2n) is 4.14. The van der Waals surface area contributed by atoms with Gasteiger partial charge in [-0.25, -0.2) is 9.59 Å². The van der Waals surface area contributed by atoms with E-state index in [1.165, 1.54) is 6.07 Å². The third-order valence-electron chi connectivity index (χ3n) is 2.96. The molecule has 0 aliphatic rings. The number of hydrogen-bond donors (Lipinski definition) is 2. The molecule has 10 heteroatoms. The average Bonchev–Trinajstić information content (AvgIpc) is 2.43. The number of hydrogen-bond acceptors (Lipinski definition) is 6. The lowest BCUT2D eigenvalue weighted by Gasteiger charge is -2.08. The summed E-state index contributed by atoms with van der Waals surface area (Å²) in [7, 11) is 0. The fraction of sp³-hybridized carbons (Fsp3) is 0. The topological polar surface area (TPSA) is 161 Å². The van der Waals surface area contributed by atoms with Crippen LogP contribution in [0, 0.1) is 20.2 Å². The molecule has 2 rings (SSSR count). The van der Waals surface area contributed by atoms with Crippen LogP contribution < -0.4 is 0 Å². The van der Waals surface area contributed by atoms with Gasteiger partial charge in [0.1, 0.15) is 0 Å². The minimum Gasteiger partial charge on any atom is -0.478 e. The first kappa shape index (κ1) is 14.8. The van der Waals surface area contributed by atoms with Crippen molar-refractivity contribution in [2.75, 3.05) is 0 Å². The largest absolute Gasteiger partial charge is 0.478 e. The highest BCUT2D eigenvalue weighted by Gasteiger charge is 2.32. The highest BCUT2D eigenvalue weighted by atomic mass is 16.6. The Morgan fingerprint density at radius 2 is 1.41 bits per heavy atom. The number of benzene rings is 2. The first-order valence-electron chi connectivity index (χ1n) is 5.60. The summed E-state index contributed by atoms with van der Waals surface area (Å²) in [5.74, 6) is -3.54. The van der Waals surface area contributed by atoms with Gasteiger partial charge in [-0.2, -0.15) is 0 Å². The van der Waals surface area contributed by atoms with Gasteiger partial charge in [0.05, 0.1) is 20.8 Å². The smallest absolute Gasteiger partial charge is 0.343 e. The van der Waals surface area contributed by atoms with Gasteiger partial charge in [-0.1, -0.05) is 12.1 Å². The lowest BCUT2D eigenvalue weighted by molar-refractivity contribution is -0.386. The van der Waals surface area contributed by atoms with Gasteiger partial charge in [-0.3, -0.25) is 20.2 Å². The SMILES string of the molecule is O=C(O)c1c([N+](=O)[O-])cc2c([N+](=O)[O-])cccc2c1C(=O)O. The maximum absolute atomic E-state index is 11.3. The lowest BCUT2D eigenvalue weighted by atomic mass is 9.96. The molecule has 0 heterocycles. The Bertz CT molecular complexity index is 858. The quantitative estimate of drug-likeness (QED) is 0.640. The summed E-state index contributed by atoms with van der Waals surface area (Å²) in [6.07, 6.45) is 0. The molecule has 22 heavy (non-hydrogen) atoms. The van der Waals surface area contributed by atoms with Crippen LogP contribution in [-0.4, -0.2) is 32.0 Å². The van der Waals surface area contributed by atoms with E-state index in [1.54, 1.807) is 0 Å². The van der Waals surface area contributed by atoms with E-state index in [9.17, 15) is 34.9 Å². The second kappa shape index (κ2) is 5.09. The minimum atomic E-state index is -1.81. The van der Waals surface area contributed by atoms with E-state index in [0.717, 1.165) is 12.1 Å². The van der Waals surface area contributed by atoms with Gasteiger partial charge in [-0.05, 0) is 0 Å². The van der Waals surface area contributed by atoms with Crippen LogP contribution in [0.2, 0.25) is 0 Å². The van der Waals surface area contributed by atoms with Crippen molar-refractivity contribution in [1.82, 2.24) is 0 Å². The lowest BCUT2D eigenvalue weighted by Crippen LogP contribution is -2.12. The maximum atomic E-state index is 11.3. The van der Waals surface area contributed by atoms with Crippen molar-refractivity contribution in [3.63, 3.8) is 0 Å². The van der Waals surface area contributed by atoms with Crippen molar-refractivity contribution < 1.29 is 29.6 Å². The summed E-state index contributed by atoms with van der Waals surface area (Å²) in [6, 6.07) is 4.06. The molecule has 0 saturated carbocycles. The molecule has 2 aromatic carbocycles. The van der Waals surface area contributed by atoms with Crippen LogP contribution in [0.15, 0.2) is 24.3 Å². The summed E-state index contributed by atoms with van der Waals surface area (Å²) in [5, 5.41) is 39.7. The molecular weight excluding hydrogens is 300 g/mol. The molecule has 0 aliphatic carbocycles. The molecule has 0 saturated heterocycles. The number of rotatable bonds is 4. The van der Waals surface area contributed by atoms with E-state index >= 15 is 0 Å². The molecule has 0 fully saturated rings. The molecule has 0 amide bonds. The molecule has 0 bridgehead atoms. The Labute approximate surface area is 120 Å². The van der Waals surface area contributed by atoms with Crippen LogP contribution in [0.4, 0.5) is 11.4 Å². The number of carboxylic acid groups (broad SMARTS) is 2. The number of carbonyl (C=O) groups is 2. The molecular formula is C12H6N2O8. The van der Waals surface area contributed by atoms with Crippen molar-refractivity contribution in [3.8, 4) is 0 Å². The van der Waals surface area contributed by atoms with E-state index in [2.05, 4.69) is 0 Å². The Balaban J connectivity index is 3.13. The van der Waals surface area contributed by atoms with Crippen LogP contribution in [0.3, 0.4) is 0 Å². The highest BCUT2D eigenvalue weighted by Crippen LogP contribution is 2.35. The molecule has 0 radical (unpaired) electrons. The minimum absolute atomic E-state index is 0.260. The van der Waals surface area contributed by atoms with E-state index in [4.69, 9.17) is 5.11 Å². The van der Waals surface area contributed by atoms with E-state index in [1.807, 2.05) is 0 Å². The number of nitro groups is 2. The molecule has 0 atom stereocenters. The molecule has 112 valence electrons. The molecule has 0 unspecified atom stereocenters. The van der Waals surface area contributed by atoms with E-state index in [-0.39, 0.29) is 10.8 Å². The van der Waals surface area contributed by atoms with Crippen LogP contribution >= 0.6 is 0 Å². The predicted molar refractivity (Wildman–Crippen MR) is 71.2 cm³/mol. The van der Waals surface area contributed by atoms with Gasteiger partial charge in [0.2, 0.25) is 0 Å². The number of non-ortho nitro benzene ring substituents is 1. The summed E-state index contributed by atoms with van der Waals surface area (Å²) in [5.41, 5.74) is -3.46. The summed E-state index contributed by atoms with van der Waals surface area (Å²) < 4.78 is 0. The second-order valence-corrected chi connectivity index (χ2v) is 4.14. The molecule has 10 nitrogen and oxygen atoms in total. The zero-order chi connectivity index (χ0) is 16.6. The first-order valence-corrected chi connectivity index (χ1v) is 5.60. The zero-order valence-electron chi connectivity index (χ0n) is 10.5. The van der Waals surface area contributed by atoms with Gasteiger partial charge in [0.25, 0.3) is 11.4 Å². The summed E-state index contributed by atoms with van der Waals surface area (Å²) in [6.45, 7) is 0. The third-order valence-corrected chi connectivity index (χ3v) is 2.96. The van der Waals surface area contributed by atoms with Gasteiger partial charge in [0, 0.05) is 17.5 Å². The molecule has 0 spiro atoms. The number of nitro benzene ring substituents is 2. The van der Waals surface area contributed by atoms with E-state index in [0.29, 0.717) is 6.07 Å². The van der Waals surface area contributed by atoms with Crippen molar-refractivity contribution in [2.24, 2.45) is 0 Å². The van der Waals surface area contributed by atoms with Crippen molar-refractivity contribution in [2.45, 2.75) is 0 Å². The van der Waals surface area contributed by atoms with Crippen molar-refractivity contribution >= 4 is 34.1 Å². The zero-order valence-corrected chi connectivity index (χ0v) is 10.5. The third kappa shape index (κ3) is 2.18. The number of fused-ring (bicyclic) bond motifs is 1. The van der Waals surface area contributed by atoms with Gasteiger partial charge < -0.3 is 10.2 Å². The highest BCUT2D eigenvalue weighted by molar-refractivity contribution is 6.15. The fourth-order valence-corrected chi connectivity index (χ4v) is 2.14. The van der Waals surface area contributed by atoms with Crippen LogP contribution in [0.1, 0.15) is 20.7 Å². The number of aromatic carboxylic acids is 2. The summed E-state index contributed by atoms with van der Waals surface area (Å²) in [4.78, 5) is 42.6. The Morgan fingerprint density at radius 3 is 1.86 bits per heavy atom. The number of nitrogens with zero attached hydrogens (tertiary/aromatic N) is 2. The average molecular weight is 306 g/mol. The monoisotopic (exact) mass is 306 g/mol. The Kier molecular flexibility index (Phi) is 3.43. The molecule has 0 aliphatic heterocycles. The normalized spacial score (nSPS) is 10.4. The van der Waals surface area contributed by atoms with Gasteiger partial charge in [-0.15, -0.1) is 0 Å². The first-order chi connectivity index (χ1) is 10.3. The van der Waals surface area contributed by atoms with Crippen LogP contribution in [0.5, 0.6) is 0 Å². The standard InChI is InChI=1S/C12H6N2O8/c15-11(16)9-5-2-1-3-7(13(19)20)6(5)4-8(14(21)22)10(9)12(17)18/h1-4H,(H,15,16)(H,17,18). The van der Waals surface area contributed by atoms with Crippen LogP contribution in [-0.2, 0) is 0 Å². The van der Waals surface area contributed by atoms with Gasteiger partial charge in [0.15, 0.2) is 5.56 Å². The van der Waals surface area contributed by atoms with Crippen LogP contribution in [0.25, 0.3) is 10.8 Å². The Morgan fingerprint density at radius 1 is 0.864 bits per heavy atom. The van der Waals surface area contributed by atoms with Gasteiger partial charge >= 0.3 is 11.9 Å². The number of carboxylic acids is 2. The van der Waals surface area contributed by atoms with Crippen molar-refractivity contribution in [3.05, 3.63) is 55.6 Å². The summed E-state index contributed by atoms with van der Waals surface area (Å²) >= 11 is 0. The fourth-order valence-electron chi connectivity index (χ4n) is 2.14. The molecule has 0 aromatic heterocycles. The van der Waals surface area contributed by atoms with E-state index < -0.39 is 44.3 Å². The van der Waals surface area contributed by atoms with Crippen molar-refractivity contribution in [1.29, 1.82) is 0 Å². The Hall–Kier alpha value is -3.56. The molecule has 2 aromatic rings. The molecule has 2 N–H and O–H groups in total. The predicted octanol–water partition coefficient (Wildman–Crippen LogP) is 2.05. The maximum Gasteiger partial charge on any atom is 0.343 e.